The van der Waals surface area contributed by atoms with Gasteiger partial charge in [-0.2, -0.15) is 0 Å². The van der Waals surface area contributed by atoms with E-state index in [0.29, 0.717) is 17.3 Å². The maximum Gasteiger partial charge on any atom is 0.412 e. The SMILES string of the molecule is Cc1noc(C#Cc2ccc3c(C4CC4)coc3c2)c1NC(=O)OC(C)c1ccccc1. The fraction of sp³-hybridized carbons (Fsp3) is 0.231. The number of ether oxygens (including phenoxy) is 1. The van der Waals surface area contributed by atoms with E-state index in [1.54, 1.807) is 6.92 Å². The van der Waals surface area contributed by atoms with Crippen LogP contribution in [0.5, 0.6) is 0 Å². The summed E-state index contributed by atoms with van der Waals surface area (Å²) in [6.45, 7) is 3.55. The molecule has 6 nitrogen and oxygen atoms in total. The fourth-order valence-corrected chi connectivity index (χ4v) is 3.65. The normalized spacial score (nSPS) is 13.9. The molecule has 2 aromatic carbocycles. The van der Waals surface area contributed by atoms with E-state index in [1.807, 2.05) is 61.7 Å². The highest BCUT2D eigenvalue weighted by atomic mass is 16.6. The minimum atomic E-state index is -0.597. The van der Waals surface area contributed by atoms with Crippen molar-refractivity contribution in [3.8, 4) is 11.8 Å². The average molecular weight is 426 g/mol. The molecule has 0 bridgehead atoms. The van der Waals surface area contributed by atoms with Crippen LogP contribution in [-0.4, -0.2) is 11.2 Å². The molecule has 1 atom stereocenters. The van der Waals surface area contributed by atoms with Crippen LogP contribution in [0.15, 0.2) is 63.7 Å². The number of rotatable bonds is 4. The summed E-state index contributed by atoms with van der Waals surface area (Å²) < 4.78 is 16.5. The maximum atomic E-state index is 12.4. The molecule has 2 heterocycles. The zero-order chi connectivity index (χ0) is 22.1. The second-order valence-electron chi connectivity index (χ2n) is 7.98. The van der Waals surface area contributed by atoms with Gasteiger partial charge >= 0.3 is 6.09 Å². The van der Waals surface area contributed by atoms with E-state index in [1.165, 1.54) is 18.4 Å². The van der Waals surface area contributed by atoms with E-state index in [2.05, 4.69) is 22.3 Å². The lowest BCUT2D eigenvalue weighted by Crippen LogP contribution is -2.16. The van der Waals surface area contributed by atoms with Crippen molar-refractivity contribution in [3.05, 3.63) is 82.9 Å². The van der Waals surface area contributed by atoms with Crippen molar-refractivity contribution in [2.45, 2.75) is 38.7 Å². The summed E-state index contributed by atoms with van der Waals surface area (Å²) in [6, 6.07) is 15.5. The average Bonchev–Trinajstić information content (AvgIpc) is 3.47. The number of fused-ring (bicyclic) bond motifs is 1. The Bertz CT molecular complexity index is 1340. The molecule has 1 fully saturated rings. The molecule has 6 heteroatoms. The monoisotopic (exact) mass is 426 g/mol. The first-order valence-corrected chi connectivity index (χ1v) is 10.6. The van der Waals surface area contributed by atoms with E-state index in [-0.39, 0.29) is 5.76 Å². The molecule has 32 heavy (non-hydrogen) atoms. The number of aryl methyl sites for hydroxylation is 1. The van der Waals surface area contributed by atoms with Crippen molar-refractivity contribution in [3.63, 3.8) is 0 Å². The number of furan rings is 1. The standard InChI is InChI=1S/C26H22N2O4/c1-16-25(27-26(29)31-17(2)19-6-4-3-5-7-19)23(32-28-16)13-9-18-8-12-21-22(20-10-11-20)15-30-24(21)14-18/h3-8,12,14-15,17,20H,10-11H2,1-2H3,(H,27,29). The Balaban J connectivity index is 1.32. The van der Waals surface area contributed by atoms with Crippen molar-refractivity contribution in [2.24, 2.45) is 0 Å². The maximum absolute atomic E-state index is 12.4. The lowest BCUT2D eigenvalue weighted by atomic mass is 10.1. The second-order valence-corrected chi connectivity index (χ2v) is 7.98. The number of amides is 1. The van der Waals surface area contributed by atoms with E-state index in [4.69, 9.17) is 13.7 Å². The number of aromatic nitrogens is 1. The zero-order valence-electron chi connectivity index (χ0n) is 17.8. The number of hydrogen-bond donors (Lipinski definition) is 1. The smallest absolute Gasteiger partial charge is 0.412 e. The van der Waals surface area contributed by atoms with Crippen LogP contribution in [0.3, 0.4) is 0 Å². The first kappa shape index (κ1) is 20.0. The van der Waals surface area contributed by atoms with Crippen LogP contribution >= 0.6 is 0 Å². The number of anilines is 1. The number of hydrogen-bond acceptors (Lipinski definition) is 5. The second kappa shape index (κ2) is 8.27. The van der Waals surface area contributed by atoms with Gasteiger partial charge in [0.1, 0.15) is 23.1 Å². The molecule has 2 aromatic heterocycles. The molecule has 1 N–H and O–H groups in total. The highest BCUT2D eigenvalue weighted by Gasteiger charge is 2.27. The lowest BCUT2D eigenvalue weighted by molar-refractivity contribution is 0.121. The molecule has 160 valence electrons. The van der Waals surface area contributed by atoms with E-state index in [9.17, 15) is 4.79 Å². The molecule has 4 aromatic rings. The zero-order valence-corrected chi connectivity index (χ0v) is 17.8. The fourth-order valence-electron chi connectivity index (χ4n) is 3.65. The number of nitrogens with zero attached hydrogens (tertiary/aromatic N) is 1. The van der Waals surface area contributed by atoms with Gasteiger partial charge in [0.2, 0.25) is 5.76 Å². The van der Waals surface area contributed by atoms with Gasteiger partial charge in [-0.25, -0.2) is 4.79 Å². The van der Waals surface area contributed by atoms with Crippen LogP contribution in [0, 0.1) is 18.8 Å². The molecular weight excluding hydrogens is 404 g/mol. The van der Waals surface area contributed by atoms with Gasteiger partial charge in [0.25, 0.3) is 0 Å². The summed E-state index contributed by atoms with van der Waals surface area (Å²) in [5.41, 5.74) is 4.72. The minimum absolute atomic E-state index is 0.269. The largest absolute Gasteiger partial charge is 0.464 e. The molecule has 0 saturated heterocycles. The van der Waals surface area contributed by atoms with Gasteiger partial charge in [-0.05, 0) is 62.3 Å². The van der Waals surface area contributed by atoms with Crippen LogP contribution in [-0.2, 0) is 4.74 Å². The van der Waals surface area contributed by atoms with Crippen molar-refractivity contribution in [1.82, 2.24) is 5.16 Å². The topological polar surface area (TPSA) is 77.5 Å². The van der Waals surface area contributed by atoms with Crippen LogP contribution in [0.2, 0.25) is 0 Å². The van der Waals surface area contributed by atoms with Gasteiger partial charge in [0.05, 0.1) is 6.26 Å². The molecule has 1 aliphatic carbocycles. The number of carbonyl (C=O) groups is 1. The van der Waals surface area contributed by atoms with Gasteiger partial charge < -0.3 is 13.7 Å². The Hall–Kier alpha value is -3.98. The van der Waals surface area contributed by atoms with Gasteiger partial charge in [-0.15, -0.1) is 0 Å². The first-order chi connectivity index (χ1) is 15.6. The third-order valence-corrected chi connectivity index (χ3v) is 5.59. The molecule has 0 radical (unpaired) electrons. The van der Waals surface area contributed by atoms with Gasteiger partial charge in [0.15, 0.2) is 0 Å². The molecule has 1 amide bonds. The van der Waals surface area contributed by atoms with Crippen LogP contribution in [0.1, 0.15) is 59.9 Å². The third kappa shape index (κ3) is 4.10. The van der Waals surface area contributed by atoms with Crippen molar-refractivity contribution in [2.75, 3.05) is 5.32 Å². The number of benzene rings is 2. The molecule has 1 unspecified atom stereocenters. The van der Waals surface area contributed by atoms with Gasteiger partial charge in [-0.1, -0.05) is 41.4 Å². The predicted octanol–water partition coefficient (Wildman–Crippen LogP) is 6.32. The first-order valence-electron chi connectivity index (χ1n) is 10.6. The summed E-state index contributed by atoms with van der Waals surface area (Å²) in [6.07, 6.45) is 3.31. The number of nitrogens with one attached hydrogen (secondary N) is 1. The van der Waals surface area contributed by atoms with Crippen LogP contribution in [0.4, 0.5) is 10.5 Å². The number of carbonyl (C=O) groups excluding carboxylic acids is 1. The Kier molecular flexibility index (Phi) is 5.16. The van der Waals surface area contributed by atoms with Crippen molar-refractivity contribution < 1.29 is 18.5 Å². The summed E-state index contributed by atoms with van der Waals surface area (Å²) in [4.78, 5) is 12.4. The highest BCUT2D eigenvalue weighted by molar-refractivity contribution is 5.87. The molecule has 0 aliphatic heterocycles. The van der Waals surface area contributed by atoms with Crippen molar-refractivity contribution in [1.29, 1.82) is 0 Å². The third-order valence-electron chi connectivity index (χ3n) is 5.59. The van der Waals surface area contributed by atoms with Gasteiger partial charge in [-0.3, -0.25) is 5.32 Å². The van der Waals surface area contributed by atoms with Crippen LogP contribution in [0.25, 0.3) is 11.0 Å². The molecular formula is C26H22N2O4. The highest BCUT2D eigenvalue weighted by Crippen LogP contribution is 2.43. The Morgan fingerprint density at radius 3 is 2.78 bits per heavy atom. The van der Waals surface area contributed by atoms with Gasteiger partial charge in [0, 0.05) is 16.5 Å². The van der Waals surface area contributed by atoms with Crippen LogP contribution < -0.4 is 5.32 Å². The summed E-state index contributed by atoms with van der Waals surface area (Å²) in [5.74, 6) is 6.92. The Labute approximate surface area is 185 Å². The van der Waals surface area contributed by atoms with E-state index in [0.717, 1.165) is 22.1 Å². The van der Waals surface area contributed by atoms with E-state index >= 15 is 0 Å². The summed E-state index contributed by atoms with van der Waals surface area (Å²) in [5, 5.41) is 7.79. The van der Waals surface area contributed by atoms with Crippen molar-refractivity contribution >= 4 is 22.7 Å². The Morgan fingerprint density at radius 2 is 2.00 bits per heavy atom. The summed E-state index contributed by atoms with van der Waals surface area (Å²) >= 11 is 0. The predicted molar refractivity (Wildman–Crippen MR) is 120 cm³/mol. The molecule has 1 saturated carbocycles. The molecule has 5 rings (SSSR count). The minimum Gasteiger partial charge on any atom is -0.464 e. The summed E-state index contributed by atoms with van der Waals surface area (Å²) in [7, 11) is 0. The molecule has 0 spiro atoms. The Morgan fingerprint density at radius 1 is 1.19 bits per heavy atom. The van der Waals surface area contributed by atoms with E-state index < -0.39 is 12.2 Å². The molecule has 1 aliphatic rings. The quantitative estimate of drug-likeness (QED) is 0.387. The lowest BCUT2D eigenvalue weighted by Gasteiger charge is -2.13.